The lowest BCUT2D eigenvalue weighted by atomic mass is 9.77. The van der Waals surface area contributed by atoms with Crippen molar-refractivity contribution in [1.82, 2.24) is 0 Å². The molecule has 1 amide bonds. The molecule has 3 atom stereocenters. The van der Waals surface area contributed by atoms with Crippen LogP contribution in [0.3, 0.4) is 0 Å². The van der Waals surface area contributed by atoms with Gasteiger partial charge >= 0.3 is 7.12 Å². The van der Waals surface area contributed by atoms with Gasteiger partial charge in [0.25, 0.3) is 0 Å². The van der Waals surface area contributed by atoms with Crippen LogP contribution in [0.5, 0.6) is 0 Å². The Bertz CT molecular complexity index is 1410. The number of anilines is 1. The molecule has 0 aliphatic carbocycles. The molecular weight excluding hydrogens is 487 g/mol. The molecule has 0 aromatic heterocycles. The van der Waals surface area contributed by atoms with Crippen LogP contribution in [0, 0.1) is 17.6 Å². The first-order valence-corrected chi connectivity index (χ1v) is 12.4. The normalized spacial score (nSPS) is 17.7. The number of nitrogens with zero attached hydrogens (tertiary/aromatic N) is 1. The van der Waals surface area contributed by atoms with Crippen molar-refractivity contribution in [3.63, 3.8) is 0 Å². The molecule has 5 nitrogen and oxygen atoms in total. The van der Waals surface area contributed by atoms with Gasteiger partial charge in [0.1, 0.15) is 11.6 Å². The summed E-state index contributed by atoms with van der Waals surface area (Å²) < 4.78 is 26.8. The fourth-order valence-electron chi connectivity index (χ4n) is 5.04. The Hall–Kier alpha value is -3.85. The van der Waals surface area contributed by atoms with E-state index in [0.29, 0.717) is 29.6 Å². The number of halogens is 2. The van der Waals surface area contributed by atoms with Crippen molar-refractivity contribution >= 4 is 24.2 Å². The predicted molar refractivity (Wildman–Crippen MR) is 142 cm³/mol. The van der Waals surface area contributed by atoms with Crippen LogP contribution >= 0.6 is 0 Å². The highest BCUT2D eigenvalue weighted by Crippen LogP contribution is 2.46. The number of amides is 1. The standard InChI is InChI=1S/C30H26BF2NO4/c32-24-10-8-20(9-11-24)28(35)17-16-27-29(34(30(27)36)26-14-12-25(33)13-15-26)21-6-4-19(5-7-21)22-2-1-3-23(18-22)31(37)38/h1-15,18,27-29,35,37-38H,16-17H2/t27?,28-,29+/m0/s1. The van der Waals surface area contributed by atoms with Gasteiger partial charge in [-0.2, -0.15) is 0 Å². The predicted octanol–water partition coefficient (Wildman–Crippen LogP) is 4.53. The van der Waals surface area contributed by atoms with Crippen molar-refractivity contribution in [1.29, 1.82) is 0 Å². The number of β-lactam (4-membered cyclic amide) rings is 1. The summed E-state index contributed by atoms with van der Waals surface area (Å²) in [6.07, 6.45) is -0.0947. The molecule has 8 heteroatoms. The Labute approximate surface area is 219 Å². The van der Waals surface area contributed by atoms with Crippen molar-refractivity contribution in [3.8, 4) is 11.1 Å². The summed E-state index contributed by atoms with van der Waals surface area (Å²) in [5.41, 5.74) is 4.14. The summed E-state index contributed by atoms with van der Waals surface area (Å²) in [6.45, 7) is 0. The molecular formula is C30H26BF2NO4. The maximum absolute atomic E-state index is 13.6. The Morgan fingerprint density at radius 2 is 1.45 bits per heavy atom. The van der Waals surface area contributed by atoms with E-state index in [1.807, 2.05) is 30.3 Å². The average Bonchev–Trinajstić information content (AvgIpc) is 2.93. The van der Waals surface area contributed by atoms with E-state index in [9.17, 15) is 28.7 Å². The number of hydrogen-bond donors (Lipinski definition) is 3. The first kappa shape index (κ1) is 25.8. The van der Waals surface area contributed by atoms with Crippen LogP contribution in [-0.4, -0.2) is 28.2 Å². The van der Waals surface area contributed by atoms with Crippen LogP contribution in [0.4, 0.5) is 14.5 Å². The van der Waals surface area contributed by atoms with Crippen molar-refractivity contribution in [2.24, 2.45) is 5.92 Å². The first-order chi connectivity index (χ1) is 18.3. The Morgan fingerprint density at radius 3 is 2.08 bits per heavy atom. The third-order valence-corrected chi connectivity index (χ3v) is 7.09. The van der Waals surface area contributed by atoms with E-state index >= 15 is 0 Å². The summed E-state index contributed by atoms with van der Waals surface area (Å²) in [7, 11) is -1.56. The zero-order valence-corrected chi connectivity index (χ0v) is 20.4. The van der Waals surface area contributed by atoms with E-state index in [1.54, 1.807) is 35.2 Å². The maximum Gasteiger partial charge on any atom is 0.488 e. The van der Waals surface area contributed by atoms with Gasteiger partial charge < -0.3 is 20.1 Å². The molecule has 1 aliphatic rings. The molecule has 4 aromatic carbocycles. The van der Waals surface area contributed by atoms with Gasteiger partial charge in [-0.1, -0.05) is 60.7 Å². The Morgan fingerprint density at radius 1 is 0.816 bits per heavy atom. The van der Waals surface area contributed by atoms with Gasteiger partial charge in [-0.3, -0.25) is 4.79 Å². The van der Waals surface area contributed by atoms with Gasteiger partial charge in [-0.05, 0) is 77.0 Å². The van der Waals surface area contributed by atoms with Crippen LogP contribution in [0.1, 0.15) is 36.1 Å². The van der Waals surface area contributed by atoms with Crippen LogP contribution < -0.4 is 10.4 Å². The van der Waals surface area contributed by atoms with Gasteiger partial charge in [0, 0.05) is 5.69 Å². The van der Waals surface area contributed by atoms with Gasteiger partial charge in [-0.25, -0.2) is 8.78 Å². The molecule has 0 bridgehead atoms. The van der Waals surface area contributed by atoms with E-state index in [4.69, 9.17) is 0 Å². The van der Waals surface area contributed by atoms with Crippen molar-refractivity contribution in [3.05, 3.63) is 120 Å². The van der Waals surface area contributed by atoms with Gasteiger partial charge in [0.2, 0.25) is 5.91 Å². The molecule has 1 aliphatic heterocycles. The van der Waals surface area contributed by atoms with E-state index in [1.165, 1.54) is 36.4 Å². The molecule has 5 rings (SSSR count). The monoisotopic (exact) mass is 513 g/mol. The summed E-state index contributed by atoms with van der Waals surface area (Å²) >= 11 is 0. The van der Waals surface area contributed by atoms with Gasteiger partial charge in [0.05, 0.1) is 18.1 Å². The zero-order valence-electron chi connectivity index (χ0n) is 20.4. The second kappa shape index (κ2) is 10.9. The van der Waals surface area contributed by atoms with Crippen molar-refractivity contribution in [2.45, 2.75) is 25.0 Å². The Kier molecular flexibility index (Phi) is 7.38. The lowest BCUT2D eigenvalue weighted by Crippen LogP contribution is -2.55. The summed E-state index contributed by atoms with van der Waals surface area (Å²) in [4.78, 5) is 14.9. The van der Waals surface area contributed by atoms with Crippen LogP contribution in [0.2, 0.25) is 0 Å². The van der Waals surface area contributed by atoms with Crippen LogP contribution in [-0.2, 0) is 4.79 Å². The SMILES string of the molecule is O=C1C(CC[C@H](O)c2ccc(F)cc2)[C@@H](c2ccc(-c3cccc(B(O)O)c3)cc2)N1c1ccc(F)cc1. The third-order valence-electron chi connectivity index (χ3n) is 7.09. The lowest BCUT2D eigenvalue weighted by molar-refractivity contribution is -0.131. The zero-order chi connectivity index (χ0) is 26.8. The summed E-state index contributed by atoms with van der Waals surface area (Å²) in [6, 6.07) is 25.8. The van der Waals surface area contributed by atoms with E-state index < -0.39 is 25.0 Å². The van der Waals surface area contributed by atoms with Crippen LogP contribution in [0.25, 0.3) is 11.1 Å². The average molecular weight is 513 g/mol. The van der Waals surface area contributed by atoms with E-state index in [-0.39, 0.29) is 17.8 Å². The second-order valence-corrected chi connectivity index (χ2v) is 9.50. The number of aliphatic hydroxyl groups is 1. The molecule has 1 saturated heterocycles. The quantitative estimate of drug-likeness (QED) is 0.239. The highest BCUT2D eigenvalue weighted by atomic mass is 19.1. The number of carbonyl (C=O) groups excluding carboxylic acids is 1. The number of carbonyl (C=O) groups is 1. The summed E-state index contributed by atoms with van der Waals surface area (Å²) in [5.74, 6) is -1.28. The molecule has 38 heavy (non-hydrogen) atoms. The molecule has 0 spiro atoms. The molecule has 1 heterocycles. The number of hydrogen-bond acceptors (Lipinski definition) is 4. The fraction of sp³-hybridized carbons (Fsp3) is 0.167. The number of rotatable bonds is 8. The largest absolute Gasteiger partial charge is 0.488 e. The second-order valence-electron chi connectivity index (χ2n) is 9.50. The summed E-state index contributed by atoms with van der Waals surface area (Å²) in [5, 5.41) is 29.6. The minimum atomic E-state index is -1.56. The first-order valence-electron chi connectivity index (χ1n) is 12.4. The van der Waals surface area contributed by atoms with E-state index in [2.05, 4.69) is 0 Å². The number of benzene rings is 4. The topological polar surface area (TPSA) is 81.0 Å². The van der Waals surface area contributed by atoms with Crippen molar-refractivity contribution < 1.29 is 28.7 Å². The smallest absolute Gasteiger partial charge is 0.423 e. The van der Waals surface area contributed by atoms with Crippen LogP contribution in [0.15, 0.2) is 97.1 Å². The molecule has 4 aromatic rings. The van der Waals surface area contributed by atoms with E-state index in [0.717, 1.165) is 16.7 Å². The molecule has 0 saturated carbocycles. The van der Waals surface area contributed by atoms with Gasteiger partial charge in [-0.15, -0.1) is 0 Å². The van der Waals surface area contributed by atoms with Gasteiger partial charge in [0.15, 0.2) is 0 Å². The molecule has 0 radical (unpaired) electrons. The Balaban J connectivity index is 1.40. The minimum absolute atomic E-state index is 0.110. The highest BCUT2D eigenvalue weighted by Gasteiger charge is 2.48. The number of aliphatic hydroxyl groups excluding tert-OH is 1. The molecule has 192 valence electrons. The maximum atomic E-state index is 13.6. The minimum Gasteiger partial charge on any atom is -0.423 e. The fourth-order valence-corrected chi connectivity index (χ4v) is 5.04. The highest BCUT2D eigenvalue weighted by molar-refractivity contribution is 6.58. The van der Waals surface area contributed by atoms with Crippen molar-refractivity contribution in [2.75, 3.05) is 4.90 Å². The third kappa shape index (κ3) is 5.24. The molecule has 3 N–H and O–H groups in total. The molecule has 1 unspecified atom stereocenters. The lowest BCUT2D eigenvalue weighted by Gasteiger charge is -2.48. The molecule has 1 fully saturated rings.